The molecule has 148 valence electrons. The second kappa shape index (κ2) is 8.59. The lowest BCUT2D eigenvalue weighted by Crippen LogP contribution is -2.31. The Hall–Kier alpha value is -1.62. The summed E-state index contributed by atoms with van der Waals surface area (Å²) in [6, 6.07) is 10.8. The van der Waals surface area contributed by atoms with E-state index in [1.165, 1.54) is 19.2 Å². The zero-order valence-electron chi connectivity index (χ0n) is 15.0. The van der Waals surface area contributed by atoms with Crippen molar-refractivity contribution >= 4 is 35.8 Å². The Labute approximate surface area is 168 Å². The highest BCUT2D eigenvalue weighted by atomic mass is 79.9. The fourth-order valence-corrected chi connectivity index (χ4v) is 4.99. The summed E-state index contributed by atoms with van der Waals surface area (Å²) in [5.41, 5.74) is 0. The van der Waals surface area contributed by atoms with Crippen LogP contribution in [0.25, 0.3) is 0 Å². The molecule has 0 unspecified atom stereocenters. The lowest BCUT2D eigenvalue weighted by Gasteiger charge is -2.19. The summed E-state index contributed by atoms with van der Waals surface area (Å²) < 4.78 is 61.0. The van der Waals surface area contributed by atoms with Gasteiger partial charge in [0.25, 0.3) is 0 Å². The van der Waals surface area contributed by atoms with E-state index in [2.05, 4.69) is 15.9 Å². The van der Waals surface area contributed by atoms with E-state index in [0.29, 0.717) is 11.5 Å². The molecule has 2 rings (SSSR count). The Kier molecular flexibility index (Phi) is 6.90. The number of likely N-dealkylation sites (N-methyl/N-ethyl adjacent to an activating group) is 1. The standard InChI is InChI=1S/C17H20BrNO6S2/c1-19(10-11-25-14-6-4-13(24-2)5-7-14)27(22,23)17-12-15(26(3,20)21)8-9-16(17)18/h4-9,12H,10-11H2,1-3H3. The third-order valence-corrected chi connectivity index (χ3v) is 7.71. The summed E-state index contributed by atoms with van der Waals surface area (Å²) in [7, 11) is -4.45. The number of halogens is 1. The normalized spacial score (nSPS) is 12.2. The van der Waals surface area contributed by atoms with Gasteiger partial charge in [-0.3, -0.25) is 0 Å². The summed E-state index contributed by atoms with van der Waals surface area (Å²) in [6.45, 7) is 0.218. The van der Waals surface area contributed by atoms with Crippen molar-refractivity contribution in [1.82, 2.24) is 4.31 Å². The van der Waals surface area contributed by atoms with E-state index >= 15 is 0 Å². The highest BCUT2D eigenvalue weighted by molar-refractivity contribution is 9.10. The summed E-state index contributed by atoms with van der Waals surface area (Å²) in [4.78, 5) is -0.176. The Balaban J connectivity index is 2.11. The molecule has 0 aromatic heterocycles. The molecule has 7 nitrogen and oxygen atoms in total. The molecule has 0 spiro atoms. The fourth-order valence-electron chi connectivity index (χ4n) is 2.16. The Morgan fingerprint density at radius 3 is 2.15 bits per heavy atom. The van der Waals surface area contributed by atoms with E-state index in [1.807, 2.05) is 0 Å². The molecule has 0 amide bonds. The van der Waals surface area contributed by atoms with E-state index in [0.717, 1.165) is 16.6 Å². The number of hydrogen-bond acceptors (Lipinski definition) is 6. The van der Waals surface area contributed by atoms with Crippen LogP contribution in [0, 0.1) is 0 Å². The van der Waals surface area contributed by atoms with Crippen LogP contribution in [0.2, 0.25) is 0 Å². The van der Waals surface area contributed by atoms with Crippen molar-refractivity contribution in [3.63, 3.8) is 0 Å². The second-order valence-corrected chi connectivity index (χ2v) is 10.6. The summed E-state index contributed by atoms with van der Waals surface area (Å²) >= 11 is 3.18. The minimum absolute atomic E-state index is 0.0628. The largest absolute Gasteiger partial charge is 0.497 e. The lowest BCUT2D eigenvalue weighted by atomic mass is 10.3. The van der Waals surface area contributed by atoms with E-state index in [1.54, 1.807) is 31.4 Å². The average molecular weight is 478 g/mol. The van der Waals surface area contributed by atoms with Crippen molar-refractivity contribution in [2.45, 2.75) is 9.79 Å². The van der Waals surface area contributed by atoms with Crippen molar-refractivity contribution in [3.8, 4) is 11.5 Å². The van der Waals surface area contributed by atoms with E-state index in [4.69, 9.17) is 9.47 Å². The van der Waals surface area contributed by atoms with E-state index < -0.39 is 19.9 Å². The number of rotatable bonds is 8. The van der Waals surface area contributed by atoms with Crippen molar-refractivity contribution in [3.05, 3.63) is 46.9 Å². The van der Waals surface area contributed by atoms with Crippen LogP contribution in [0.15, 0.2) is 56.7 Å². The quantitative estimate of drug-likeness (QED) is 0.580. The number of sulfonamides is 1. The molecule has 0 saturated heterocycles. The molecular formula is C17H20BrNO6S2. The third-order valence-electron chi connectivity index (χ3n) is 3.75. The molecule has 0 saturated carbocycles. The van der Waals surface area contributed by atoms with E-state index in [9.17, 15) is 16.8 Å². The summed E-state index contributed by atoms with van der Waals surface area (Å²) in [5, 5.41) is 0. The van der Waals surface area contributed by atoms with Crippen LogP contribution in [0.3, 0.4) is 0 Å². The molecule has 27 heavy (non-hydrogen) atoms. The third kappa shape index (κ3) is 5.44. The number of nitrogens with zero attached hydrogens (tertiary/aromatic N) is 1. The number of hydrogen-bond donors (Lipinski definition) is 0. The maximum Gasteiger partial charge on any atom is 0.244 e. The van der Waals surface area contributed by atoms with Gasteiger partial charge in [0, 0.05) is 24.3 Å². The molecule has 0 aliphatic carbocycles. The van der Waals surface area contributed by atoms with Crippen LogP contribution in [0.5, 0.6) is 11.5 Å². The zero-order valence-corrected chi connectivity index (χ0v) is 18.3. The predicted molar refractivity (Wildman–Crippen MR) is 106 cm³/mol. The van der Waals surface area contributed by atoms with Crippen molar-refractivity contribution in [1.29, 1.82) is 0 Å². The van der Waals surface area contributed by atoms with Gasteiger partial charge in [-0.05, 0) is 58.4 Å². The first kappa shape index (κ1) is 21.7. The van der Waals surface area contributed by atoms with Gasteiger partial charge in [0.05, 0.1) is 16.9 Å². The lowest BCUT2D eigenvalue weighted by molar-refractivity contribution is 0.286. The van der Waals surface area contributed by atoms with Crippen LogP contribution in [-0.2, 0) is 19.9 Å². The number of sulfone groups is 1. The maximum absolute atomic E-state index is 12.8. The zero-order chi connectivity index (χ0) is 20.2. The fraction of sp³-hybridized carbons (Fsp3) is 0.294. The molecule has 0 N–H and O–H groups in total. The van der Waals surface area contributed by atoms with Gasteiger partial charge >= 0.3 is 0 Å². The second-order valence-electron chi connectivity index (χ2n) is 5.71. The van der Waals surface area contributed by atoms with Gasteiger partial charge in [0.2, 0.25) is 10.0 Å². The van der Waals surface area contributed by atoms with Crippen LogP contribution in [-0.4, -0.2) is 54.7 Å². The van der Waals surface area contributed by atoms with Gasteiger partial charge in [-0.15, -0.1) is 0 Å². The maximum atomic E-state index is 12.8. The van der Waals surface area contributed by atoms with Gasteiger partial charge in [0.1, 0.15) is 18.1 Å². The van der Waals surface area contributed by atoms with E-state index in [-0.39, 0.29) is 27.4 Å². The molecule has 0 bridgehead atoms. The molecule has 2 aromatic rings. The number of benzene rings is 2. The molecule has 0 aliphatic heterocycles. The van der Waals surface area contributed by atoms with Gasteiger partial charge < -0.3 is 9.47 Å². The molecule has 0 fully saturated rings. The van der Waals surface area contributed by atoms with Crippen molar-refractivity contribution in [2.24, 2.45) is 0 Å². The first-order valence-corrected chi connectivity index (χ1v) is 11.9. The monoisotopic (exact) mass is 477 g/mol. The van der Waals surface area contributed by atoms with Gasteiger partial charge in [-0.1, -0.05) is 0 Å². The first-order valence-electron chi connectivity index (χ1n) is 7.78. The van der Waals surface area contributed by atoms with Gasteiger partial charge in [-0.25, -0.2) is 16.8 Å². The van der Waals surface area contributed by atoms with Gasteiger partial charge in [0.15, 0.2) is 9.84 Å². The van der Waals surface area contributed by atoms with Crippen LogP contribution >= 0.6 is 15.9 Å². The molecule has 0 aliphatic rings. The number of methoxy groups -OCH3 is 1. The van der Waals surface area contributed by atoms with Crippen LogP contribution in [0.4, 0.5) is 0 Å². The topological polar surface area (TPSA) is 90.0 Å². The molecular weight excluding hydrogens is 458 g/mol. The molecule has 0 heterocycles. The molecule has 2 aromatic carbocycles. The van der Waals surface area contributed by atoms with Crippen molar-refractivity contribution in [2.75, 3.05) is 33.6 Å². The van der Waals surface area contributed by atoms with Crippen LogP contribution in [0.1, 0.15) is 0 Å². The van der Waals surface area contributed by atoms with Crippen LogP contribution < -0.4 is 9.47 Å². The predicted octanol–water partition coefficient (Wildman–Crippen LogP) is 2.56. The Bertz CT molecular complexity index is 1000. The molecule has 0 radical (unpaired) electrons. The number of ether oxygens (including phenoxy) is 2. The minimum atomic E-state index is -3.90. The first-order chi connectivity index (χ1) is 12.6. The van der Waals surface area contributed by atoms with Crippen molar-refractivity contribution < 1.29 is 26.3 Å². The highest BCUT2D eigenvalue weighted by Gasteiger charge is 2.25. The molecule has 10 heteroatoms. The molecule has 0 atom stereocenters. The minimum Gasteiger partial charge on any atom is -0.497 e. The van der Waals surface area contributed by atoms with Gasteiger partial charge in [-0.2, -0.15) is 4.31 Å². The summed E-state index contributed by atoms with van der Waals surface area (Å²) in [6.07, 6.45) is 1.03. The summed E-state index contributed by atoms with van der Waals surface area (Å²) in [5.74, 6) is 1.28. The Morgan fingerprint density at radius 2 is 1.59 bits per heavy atom. The highest BCUT2D eigenvalue weighted by Crippen LogP contribution is 2.27. The average Bonchev–Trinajstić information content (AvgIpc) is 2.61. The smallest absolute Gasteiger partial charge is 0.244 e. The SMILES string of the molecule is COc1ccc(OCCN(C)S(=O)(=O)c2cc(S(C)(=O)=O)ccc2Br)cc1. The Morgan fingerprint density at radius 1 is 1.00 bits per heavy atom.